The van der Waals surface area contributed by atoms with Crippen molar-refractivity contribution in [2.45, 2.75) is 24.3 Å². The summed E-state index contributed by atoms with van der Waals surface area (Å²) in [5, 5.41) is 9.34. The van der Waals surface area contributed by atoms with E-state index in [9.17, 15) is 17.6 Å². The Morgan fingerprint density at radius 2 is 1.97 bits per heavy atom. The van der Waals surface area contributed by atoms with Crippen LogP contribution in [0.2, 0.25) is 0 Å². The lowest BCUT2D eigenvalue weighted by molar-refractivity contribution is -0.0756. The maximum atomic E-state index is 14.2. The van der Waals surface area contributed by atoms with Gasteiger partial charge in [0.2, 0.25) is 10.0 Å². The molecule has 0 bridgehead atoms. The average Bonchev–Trinajstić information content (AvgIpc) is 3.54. The molecule has 0 atom stereocenters. The number of aromatic nitrogens is 3. The predicted octanol–water partition coefficient (Wildman–Crippen LogP) is 2.75. The fraction of sp³-hybridized carbons (Fsp3) is 0.348. The van der Waals surface area contributed by atoms with Crippen LogP contribution in [0.25, 0.3) is 22.2 Å². The summed E-state index contributed by atoms with van der Waals surface area (Å²) in [6.07, 6.45) is 2.89. The first-order valence-electron chi connectivity index (χ1n) is 11.1. The summed E-state index contributed by atoms with van der Waals surface area (Å²) in [4.78, 5) is 18.1. The minimum Gasteiger partial charge on any atom is -0.327 e. The van der Waals surface area contributed by atoms with Gasteiger partial charge in [0.1, 0.15) is 11.3 Å². The summed E-state index contributed by atoms with van der Waals surface area (Å²) in [5.41, 5.74) is 7.48. The zero-order valence-corrected chi connectivity index (χ0v) is 21.6. The van der Waals surface area contributed by atoms with Crippen LogP contribution >= 0.6 is 12.4 Å². The molecule has 1 aliphatic heterocycles. The van der Waals surface area contributed by atoms with E-state index >= 15 is 0 Å². The third kappa shape index (κ3) is 5.42. The molecule has 2 aromatic carbocycles. The smallest absolute Gasteiger partial charge is 0.277 e. The van der Waals surface area contributed by atoms with Crippen LogP contribution in [0.15, 0.2) is 53.2 Å². The Balaban J connectivity index is 0.00000361. The van der Waals surface area contributed by atoms with E-state index < -0.39 is 21.8 Å². The van der Waals surface area contributed by atoms with Crippen LogP contribution in [0.5, 0.6) is 0 Å². The molecule has 0 spiro atoms. The fourth-order valence-electron chi connectivity index (χ4n) is 4.03. The van der Waals surface area contributed by atoms with E-state index in [2.05, 4.69) is 10.3 Å². The third-order valence-corrected chi connectivity index (χ3v) is 7.81. The normalized spacial score (nSPS) is 14.7. The highest BCUT2D eigenvalue weighted by atomic mass is 35.5. The summed E-state index contributed by atoms with van der Waals surface area (Å²) >= 11 is 0. The van der Waals surface area contributed by atoms with Gasteiger partial charge in [-0.3, -0.25) is 9.63 Å². The number of carbonyl (C=O) groups excluding carboxylic acids is 1. The fourth-order valence-corrected chi connectivity index (χ4v) is 5.59. The van der Waals surface area contributed by atoms with Gasteiger partial charge in [0, 0.05) is 37.8 Å². The van der Waals surface area contributed by atoms with Crippen LogP contribution in [-0.2, 0) is 21.4 Å². The molecule has 13 heteroatoms. The van der Waals surface area contributed by atoms with Gasteiger partial charge in [-0.25, -0.2) is 22.6 Å². The molecular weight excluding hydrogens is 511 g/mol. The molecular formula is C23H28ClFN6O4S. The number of nitrogens with zero attached hydrogens (tertiary/aromatic N) is 5. The summed E-state index contributed by atoms with van der Waals surface area (Å²) in [5.74, 6) is -0.937. The van der Waals surface area contributed by atoms with Gasteiger partial charge >= 0.3 is 0 Å². The third-order valence-electron chi connectivity index (χ3n) is 5.92. The van der Waals surface area contributed by atoms with Gasteiger partial charge in [-0.2, -0.15) is 4.31 Å². The van der Waals surface area contributed by atoms with Crippen LogP contribution in [0, 0.1) is 0 Å². The van der Waals surface area contributed by atoms with Crippen molar-refractivity contribution in [3.05, 3.63) is 53.9 Å². The maximum Gasteiger partial charge on any atom is 0.277 e. The summed E-state index contributed by atoms with van der Waals surface area (Å²) in [7, 11) is -0.824. The van der Waals surface area contributed by atoms with E-state index in [1.807, 2.05) is 0 Å². The molecule has 2 heterocycles. The largest absolute Gasteiger partial charge is 0.327 e. The number of carbonyl (C=O) groups is 1. The molecule has 1 fully saturated rings. The Bertz CT molecular complexity index is 1390. The first-order chi connectivity index (χ1) is 16.8. The highest BCUT2D eigenvalue weighted by Gasteiger charge is 2.28. The second-order valence-electron chi connectivity index (χ2n) is 8.15. The first-order valence-corrected chi connectivity index (χ1v) is 12.5. The topological polar surface area (TPSA) is 124 Å². The van der Waals surface area contributed by atoms with Crippen molar-refractivity contribution in [3.63, 3.8) is 0 Å². The van der Waals surface area contributed by atoms with Crippen LogP contribution < -0.4 is 5.73 Å². The van der Waals surface area contributed by atoms with E-state index in [4.69, 9.17) is 10.6 Å². The van der Waals surface area contributed by atoms with E-state index in [1.54, 1.807) is 36.4 Å². The number of rotatable bonds is 8. The van der Waals surface area contributed by atoms with Crippen LogP contribution in [-0.4, -0.2) is 72.5 Å². The van der Waals surface area contributed by atoms with E-state index in [-0.39, 0.29) is 36.0 Å². The zero-order valence-electron chi connectivity index (χ0n) is 19.9. The van der Waals surface area contributed by atoms with Gasteiger partial charge in [-0.05, 0) is 48.7 Å². The SMILES string of the molecule is CON(C)C(=O)c1cc(-c2cccc(S(=O)(=O)N3CCCC3)c2)c2nnn(C/C(F)=C/CN)c2c1.Cl. The molecule has 2 N–H and O–H groups in total. The van der Waals surface area contributed by atoms with Crippen molar-refractivity contribution < 1.29 is 22.4 Å². The molecule has 0 unspecified atom stereocenters. The second-order valence-corrected chi connectivity index (χ2v) is 10.1. The van der Waals surface area contributed by atoms with Crippen molar-refractivity contribution in [2.24, 2.45) is 5.73 Å². The average molecular weight is 539 g/mol. The van der Waals surface area contributed by atoms with Crippen molar-refractivity contribution in [1.82, 2.24) is 24.4 Å². The molecule has 194 valence electrons. The molecule has 1 aliphatic rings. The Morgan fingerprint density at radius 1 is 1.25 bits per heavy atom. The highest BCUT2D eigenvalue weighted by Crippen LogP contribution is 2.32. The Kier molecular flexibility index (Phi) is 8.80. The highest BCUT2D eigenvalue weighted by molar-refractivity contribution is 7.89. The second kappa shape index (κ2) is 11.4. The number of hydrogen-bond acceptors (Lipinski definition) is 7. The Labute approximate surface area is 214 Å². The van der Waals surface area contributed by atoms with E-state index in [1.165, 1.54) is 29.2 Å². The summed E-state index contributed by atoms with van der Waals surface area (Å²) < 4.78 is 43.3. The Hall–Kier alpha value is -2.90. The number of allylic oxidation sites excluding steroid dienone is 1. The number of halogens is 2. The molecule has 10 nitrogen and oxygen atoms in total. The number of fused-ring (bicyclic) bond motifs is 1. The molecule has 0 radical (unpaired) electrons. The van der Waals surface area contributed by atoms with Gasteiger partial charge in [0.05, 0.1) is 24.1 Å². The van der Waals surface area contributed by atoms with Gasteiger partial charge in [0.15, 0.2) is 0 Å². The minimum absolute atomic E-state index is 0. The molecule has 1 saturated heterocycles. The summed E-state index contributed by atoms with van der Waals surface area (Å²) in [6.45, 7) is 0.791. The molecule has 1 aromatic heterocycles. The number of hydroxylamine groups is 2. The molecule has 3 aromatic rings. The number of amides is 1. The molecule has 0 aliphatic carbocycles. The molecule has 4 rings (SSSR count). The number of hydrogen-bond donors (Lipinski definition) is 1. The summed E-state index contributed by atoms with van der Waals surface area (Å²) in [6, 6.07) is 9.65. The predicted molar refractivity (Wildman–Crippen MR) is 136 cm³/mol. The van der Waals surface area contributed by atoms with Crippen molar-refractivity contribution in [3.8, 4) is 11.1 Å². The van der Waals surface area contributed by atoms with Gasteiger partial charge in [0.25, 0.3) is 5.91 Å². The molecule has 0 saturated carbocycles. The van der Waals surface area contributed by atoms with E-state index in [0.717, 1.165) is 17.9 Å². The molecule has 1 amide bonds. The van der Waals surface area contributed by atoms with Crippen LogP contribution in [0.1, 0.15) is 23.2 Å². The minimum atomic E-state index is -3.66. The number of benzene rings is 2. The molecule has 36 heavy (non-hydrogen) atoms. The lowest BCUT2D eigenvalue weighted by atomic mass is 10.0. The van der Waals surface area contributed by atoms with Crippen molar-refractivity contribution >= 4 is 39.4 Å². The lowest BCUT2D eigenvalue weighted by Gasteiger charge is -2.17. The standard InChI is InChI=1S/C23H27FN6O4S.ClH/c1-28(34-2)23(31)17-13-20(22-21(14-17)30(27-26-22)15-18(24)8-9-25)16-6-5-7-19(12-16)35(32,33)29-10-3-4-11-29;/h5-8,12-14H,3-4,9-11,15,25H2,1-2H3;1H/b18-8-;. The van der Waals surface area contributed by atoms with E-state index in [0.29, 0.717) is 35.2 Å². The zero-order chi connectivity index (χ0) is 25.2. The first kappa shape index (κ1) is 27.7. The maximum absolute atomic E-state index is 14.2. The monoisotopic (exact) mass is 538 g/mol. The van der Waals surface area contributed by atoms with Gasteiger partial charge in [-0.1, -0.05) is 17.3 Å². The van der Waals surface area contributed by atoms with Crippen LogP contribution in [0.4, 0.5) is 4.39 Å². The number of nitrogens with two attached hydrogens (primary N) is 1. The number of sulfonamides is 1. The van der Waals surface area contributed by atoms with Crippen molar-refractivity contribution in [1.29, 1.82) is 0 Å². The lowest BCUT2D eigenvalue weighted by Crippen LogP contribution is -2.27. The van der Waals surface area contributed by atoms with Gasteiger partial charge in [-0.15, -0.1) is 17.5 Å². The Morgan fingerprint density at radius 3 is 2.64 bits per heavy atom. The van der Waals surface area contributed by atoms with Crippen LogP contribution in [0.3, 0.4) is 0 Å². The van der Waals surface area contributed by atoms with Crippen molar-refractivity contribution in [2.75, 3.05) is 33.8 Å². The quantitative estimate of drug-likeness (QED) is 0.437. The van der Waals surface area contributed by atoms with Gasteiger partial charge < -0.3 is 5.73 Å².